The van der Waals surface area contributed by atoms with Crippen LogP contribution < -0.4 is 5.32 Å². The summed E-state index contributed by atoms with van der Waals surface area (Å²) in [6.45, 7) is 0.459. The molecule has 102 valence electrons. The molecule has 2 aromatic heterocycles. The Hall–Kier alpha value is -2.35. The maximum atomic E-state index is 12.7. The second-order valence-corrected chi connectivity index (χ2v) is 5.11. The number of rotatable bonds is 4. The van der Waals surface area contributed by atoms with Crippen molar-refractivity contribution in [1.29, 1.82) is 0 Å². The van der Waals surface area contributed by atoms with Gasteiger partial charge in [0.15, 0.2) is 0 Å². The minimum Gasteiger partial charge on any atom is -0.352 e. The number of hydrogen-bond donors (Lipinski definition) is 1. The molecule has 0 saturated heterocycles. The smallest absolute Gasteiger partial charge is 0.251 e. The molecule has 3 aromatic rings. The summed E-state index contributed by atoms with van der Waals surface area (Å²) in [4.78, 5) is 12.5. The lowest BCUT2D eigenvalue weighted by molar-refractivity contribution is 0.0954. The van der Waals surface area contributed by atoms with E-state index in [1.54, 1.807) is 4.52 Å². The van der Waals surface area contributed by atoms with Crippen LogP contribution in [-0.2, 0) is 6.42 Å². The second kappa shape index (κ2) is 5.33. The monoisotopic (exact) mass is 291 g/mol. The number of fused-ring (bicyclic) bond motifs is 1. The molecule has 3 rings (SSSR count). The summed E-state index contributed by atoms with van der Waals surface area (Å²) in [6, 6.07) is 5.43. The van der Waals surface area contributed by atoms with E-state index < -0.39 is 0 Å². The van der Waals surface area contributed by atoms with Crippen LogP contribution in [0.1, 0.15) is 15.4 Å². The maximum absolute atomic E-state index is 12.7. The molecule has 1 aromatic carbocycles. The Morgan fingerprint density at radius 3 is 2.90 bits per heavy atom. The van der Waals surface area contributed by atoms with Crippen molar-refractivity contribution in [3.8, 4) is 0 Å². The molecule has 0 saturated carbocycles. The van der Waals surface area contributed by atoms with Crippen molar-refractivity contribution in [3.63, 3.8) is 0 Å². The summed E-state index contributed by atoms with van der Waals surface area (Å²) in [5.74, 6) is -0.589. The third-order valence-corrected chi connectivity index (χ3v) is 3.63. The number of halogens is 1. The van der Waals surface area contributed by atoms with Crippen LogP contribution in [0, 0.1) is 5.82 Å². The molecule has 0 aliphatic heterocycles. The van der Waals surface area contributed by atoms with Gasteiger partial charge in [-0.3, -0.25) is 4.79 Å². The molecular weight excluding hydrogens is 281 g/mol. The summed E-state index contributed by atoms with van der Waals surface area (Å²) in [7, 11) is 0. The molecule has 0 spiro atoms. The van der Waals surface area contributed by atoms with Gasteiger partial charge in [0, 0.05) is 18.5 Å². The highest BCUT2D eigenvalue weighted by atomic mass is 32.1. The molecular formula is C12H10FN5OS. The molecule has 0 unspecified atom stereocenters. The molecule has 0 radical (unpaired) electrons. The summed E-state index contributed by atoms with van der Waals surface area (Å²) < 4.78 is 14.3. The predicted octanol–water partition coefficient (Wildman–Crippen LogP) is 1.30. The van der Waals surface area contributed by atoms with Gasteiger partial charge in [-0.15, -0.1) is 10.2 Å². The van der Waals surface area contributed by atoms with Gasteiger partial charge >= 0.3 is 0 Å². The average molecular weight is 291 g/mol. The van der Waals surface area contributed by atoms with Gasteiger partial charge in [-0.1, -0.05) is 11.3 Å². The van der Waals surface area contributed by atoms with Gasteiger partial charge in [0.25, 0.3) is 5.91 Å². The highest BCUT2D eigenvalue weighted by molar-refractivity contribution is 7.16. The van der Waals surface area contributed by atoms with E-state index >= 15 is 0 Å². The quantitative estimate of drug-likeness (QED) is 0.786. The summed E-state index contributed by atoms with van der Waals surface area (Å²) in [5.41, 5.74) is 0.435. The van der Waals surface area contributed by atoms with Crippen molar-refractivity contribution in [2.24, 2.45) is 0 Å². The largest absolute Gasteiger partial charge is 0.352 e. The van der Waals surface area contributed by atoms with Gasteiger partial charge in [-0.2, -0.15) is 9.61 Å². The van der Waals surface area contributed by atoms with E-state index in [0.717, 1.165) is 9.97 Å². The maximum Gasteiger partial charge on any atom is 0.251 e. The molecule has 2 heterocycles. The zero-order valence-corrected chi connectivity index (χ0v) is 11.1. The molecule has 0 bridgehead atoms. The SMILES string of the molecule is O=C(NCCc1nn2cnnc2s1)c1ccc(F)cc1. The predicted molar refractivity (Wildman–Crippen MR) is 71.1 cm³/mol. The standard InChI is InChI=1S/C12H10FN5OS/c13-9-3-1-8(2-4-9)11(19)14-6-5-10-17-18-7-15-16-12(18)20-10/h1-4,7H,5-6H2,(H,14,19). The summed E-state index contributed by atoms with van der Waals surface area (Å²) >= 11 is 1.43. The van der Waals surface area contributed by atoms with Crippen LogP contribution in [0.3, 0.4) is 0 Å². The lowest BCUT2D eigenvalue weighted by Crippen LogP contribution is -2.25. The van der Waals surface area contributed by atoms with Gasteiger partial charge in [-0.05, 0) is 24.3 Å². The molecule has 20 heavy (non-hydrogen) atoms. The summed E-state index contributed by atoms with van der Waals surface area (Å²) in [6.07, 6.45) is 2.15. The van der Waals surface area contributed by atoms with E-state index in [0.29, 0.717) is 18.5 Å². The topological polar surface area (TPSA) is 72.2 Å². The number of amides is 1. The lowest BCUT2D eigenvalue weighted by Gasteiger charge is -2.03. The Labute approximate surface area is 117 Å². The Morgan fingerprint density at radius 2 is 2.15 bits per heavy atom. The van der Waals surface area contributed by atoms with E-state index in [9.17, 15) is 9.18 Å². The fourth-order valence-corrected chi connectivity index (χ4v) is 2.50. The van der Waals surface area contributed by atoms with Crippen LogP contribution in [0.15, 0.2) is 30.6 Å². The van der Waals surface area contributed by atoms with Gasteiger partial charge in [-0.25, -0.2) is 4.39 Å². The highest BCUT2D eigenvalue weighted by Gasteiger charge is 2.07. The molecule has 1 amide bonds. The third kappa shape index (κ3) is 2.64. The number of carbonyl (C=O) groups excluding carboxylic acids is 1. The molecule has 0 atom stereocenters. The minimum absolute atomic E-state index is 0.229. The lowest BCUT2D eigenvalue weighted by atomic mass is 10.2. The Bertz CT molecular complexity index is 707. The zero-order valence-electron chi connectivity index (χ0n) is 10.3. The van der Waals surface area contributed by atoms with Crippen molar-refractivity contribution in [1.82, 2.24) is 25.1 Å². The van der Waals surface area contributed by atoms with Crippen LogP contribution in [-0.4, -0.2) is 32.3 Å². The van der Waals surface area contributed by atoms with Crippen LogP contribution in [0.25, 0.3) is 4.96 Å². The first-order chi connectivity index (χ1) is 9.72. The van der Waals surface area contributed by atoms with E-state index in [1.807, 2.05) is 0 Å². The Morgan fingerprint density at radius 1 is 1.35 bits per heavy atom. The van der Waals surface area contributed by atoms with Crippen molar-refractivity contribution < 1.29 is 9.18 Å². The first kappa shape index (κ1) is 12.7. The van der Waals surface area contributed by atoms with Crippen LogP contribution in [0.4, 0.5) is 4.39 Å². The molecule has 8 heteroatoms. The fraction of sp³-hybridized carbons (Fsp3) is 0.167. The normalized spacial score (nSPS) is 10.8. The first-order valence-corrected chi connectivity index (χ1v) is 6.73. The van der Waals surface area contributed by atoms with Gasteiger partial charge < -0.3 is 5.32 Å². The van der Waals surface area contributed by atoms with Gasteiger partial charge in [0.1, 0.15) is 17.2 Å². The number of nitrogens with zero attached hydrogens (tertiary/aromatic N) is 4. The molecule has 0 fully saturated rings. The van der Waals surface area contributed by atoms with Crippen LogP contribution >= 0.6 is 11.3 Å². The van der Waals surface area contributed by atoms with Gasteiger partial charge in [0.2, 0.25) is 4.96 Å². The van der Waals surface area contributed by atoms with Crippen LogP contribution in [0.2, 0.25) is 0 Å². The number of benzene rings is 1. The Kier molecular flexibility index (Phi) is 3.38. The van der Waals surface area contributed by atoms with Crippen LogP contribution in [0.5, 0.6) is 0 Å². The number of nitrogens with one attached hydrogen (secondary N) is 1. The Balaban J connectivity index is 1.55. The first-order valence-electron chi connectivity index (χ1n) is 5.92. The third-order valence-electron chi connectivity index (χ3n) is 2.66. The van der Waals surface area contributed by atoms with Crippen molar-refractivity contribution in [3.05, 3.63) is 47.0 Å². The molecule has 1 N–H and O–H groups in total. The van der Waals surface area contributed by atoms with Crippen molar-refractivity contribution in [2.75, 3.05) is 6.54 Å². The second-order valence-electron chi connectivity index (χ2n) is 4.07. The number of aromatic nitrogens is 4. The van der Waals surface area contributed by atoms with Crippen molar-refractivity contribution in [2.45, 2.75) is 6.42 Å². The molecule has 0 aliphatic carbocycles. The van der Waals surface area contributed by atoms with E-state index in [4.69, 9.17) is 0 Å². The summed E-state index contributed by atoms with van der Waals surface area (Å²) in [5, 5.41) is 15.5. The van der Waals surface area contributed by atoms with E-state index in [1.165, 1.54) is 41.9 Å². The molecule has 6 nitrogen and oxygen atoms in total. The van der Waals surface area contributed by atoms with Crippen molar-refractivity contribution >= 4 is 22.2 Å². The highest BCUT2D eigenvalue weighted by Crippen LogP contribution is 2.11. The zero-order chi connectivity index (χ0) is 13.9. The number of hydrogen-bond acceptors (Lipinski definition) is 5. The fourth-order valence-electron chi connectivity index (χ4n) is 1.69. The minimum atomic E-state index is -0.360. The molecule has 0 aliphatic rings. The van der Waals surface area contributed by atoms with E-state index in [-0.39, 0.29) is 11.7 Å². The number of carbonyl (C=O) groups is 1. The van der Waals surface area contributed by atoms with Gasteiger partial charge in [0.05, 0.1) is 0 Å². The average Bonchev–Trinajstić information content (AvgIpc) is 3.00. The van der Waals surface area contributed by atoms with E-state index in [2.05, 4.69) is 20.6 Å².